The number of nitrogens with one attached hydrogen (secondary N) is 2. The molecule has 0 amide bonds. The van der Waals surface area contributed by atoms with Crippen LogP contribution in [0.2, 0.25) is 0 Å². The van der Waals surface area contributed by atoms with Crippen LogP contribution in [-0.2, 0) is 6.18 Å². The van der Waals surface area contributed by atoms with Crippen molar-refractivity contribution in [2.75, 3.05) is 17.7 Å². The van der Waals surface area contributed by atoms with Crippen molar-refractivity contribution in [2.45, 2.75) is 38.4 Å². The van der Waals surface area contributed by atoms with E-state index in [1.54, 1.807) is 6.20 Å². The van der Waals surface area contributed by atoms with Crippen LogP contribution in [0.5, 0.6) is 0 Å². The van der Waals surface area contributed by atoms with Crippen LogP contribution in [0.3, 0.4) is 0 Å². The van der Waals surface area contributed by atoms with Crippen LogP contribution in [0.1, 0.15) is 36.6 Å². The van der Waals surface area contributed by atoms with E-state index in [0.717, 1.165) is 24.7 Å². The fourth-order valence-corrected chi connectivity index (χ4v) is 2.51. The molecule has 0 radical (unpaired) electrons. The van der Waals surface area contributed by atoms with Gasteiger partial charge in [-0.1, -0.05) is 0 Å². The number of aromatic nitrogens is 4. The zero-order chi connectivity index (χ0) is 16.6. The van der Waals surface area contributed by atoms with E-state index in [9.17, 15) is 13.2 Å². The second kappa shape index (κ2) is 5.71. The summed E-state index contributed by atoms with van der Waals surface area (Å²) in [5.41, 5.74) is 0.718. The van der Waals surface area contributed by atoms with Crippen LogP contribution in [0.25, 0.3) is 0 Å². The van der Waals surface area contributed by atoms with Crippen molar-refractivity contribution < 1.29 is 13.2 Å². The molecule has 9 heteroatoms. The Morgan fingerprint density at radius 1 is 1.26 bits per heavy atom. The van der Waals surface area contributed by atoms with Gasteiger partial charge in [-0.15, -0.1) is 0 Å². The van der Waals surface area contributed by atoms with Crippen LogP contribution in [0.4, 0.5) is 30.6 Å². The van der Waals surface area contributed by atoms with Crippen LogP contribution < -0.4 is 10.6 Å². The quantitative estimate of drug-likeness (QED) is 0.900. The number of anilines is 3. The molecule has 23 heavy (non-hydrogen) atoms. The molecule has 2 heterocycles. The summed E-state index contributed by atoms with van der Waals surface area (Å²) in [6.45, 7) is 1.91. The van der Waals surface area contributed by atoms with Crippen molar-refractivity contribution in [1.29, 1.82) is 0 Å². The molecule has 1 aliphatic rings. The Kier molecular flexibility index (Phi) is 3.87. The van der Waals surface area contributed by atoms with Gasteiger partial charge >= 0.3 is 6.18 Å². The maximum absolute atomic E-state index is 12.8. The molecular formula is C14H17F3N6. The first-order valence-corrected chi connectivity index (χ1v) is 7.33. The van der Waals surface area contributed by atoms with Gasteiger partial charge in [0.2, 0.25) is 5.95 Å². The van der Waals surface area contributed by atoms with Gasteiger partial charge in [0.15, 0.2) is 0 Å². The maximum atomic E-state index is 12.8. The minimum absolute atomic E-state index is 0.0959. The maximum Gasteiger partial charge on any atom is 0.421 e. The molecule has 0 unspecified atom stereocenters. The SMILES string of the molecule is CNc1nc(Nc2cnn(C3CCC3)c2C)ncc1C(F)(F)F. The fraction of sp³-hybridized carbons (Fsp3) is 0.500. The number of hydrogen-bond acceptors (Lipinski definition) is 5. The largest absolute Gasteiger partial charge is 0.421 e. The summed E-state index contributed by atoms with van der Waals surface area (Å²) in [6.07, 6.45) is 1.31. The van der Waals surface area contributed by atoms with E-state index in [0.29, 0.717) is 11.7 Å². The highest BCUT2D eigenvalue weighted by atomic mass is 19.4. The second-order valence-corrected chi connectivity index (χ2v) is 5.50. The van der Waals surface area contributed by atoms with Gasteiger partial charge in [0.1, 0.15) is 11.4 Å². The Hall–Kier alpha value is -2.32. The van der Waals surface area contributed by atoms with Gasteiger partial charge in [0.25, 0.3) is 0 Å². The third kappa shape index (κ3) is 2.95. The highest BCUT2D eigenvalue weighted by molar-refractivity contribution is 5.58. The molecule has 0 saturated heterocycles. The number of halogens is 3. The van der Waals surface area contributed by atoms with Crippen molar-refractivity contribution in [2.24, 2.45) is 0 Å². The molecule has 0 aliphatic heterocycles. The number of hydrogen-bond donors (Lipinski definition) is 2. The zero-order valence-corrected chi connectivity index (χ0v) is 12.8. The molecule has 1 saturated carbocycles. The highest BCUT2D eigenvalue weighted by Crippen LogP contribution is 2.35. The fourth-order valence-electron chi connectivity index (χ4n) is 2.51. The predicted octanol–water partition coefficient (Wildman–Crippen LogP) is 3.51. The lowest BCUT2D eigenvalue weighted by Gasteiger charge is -2.27. The lowest BCUT2D eigenvalue weighted by atomic mass is 9.93. The van der Waals surface area contributed by atoms with Gasteiger partial charge in [0, 0.05) is 13.2 Å². The van der Waals surface area contributed by atoms with Crippen molar-refractivity contribution >= 4 is 17.5 Å². The average Bonchev–Trinajstić information content (AvgIpc) is 2.78. The van der Waals surface area contributed by atoms with E-state index in [-0.39, 0.29) is 11.8 Å². The summed E-state index contributed by atoms with van der Waals surface area (Å²) in [6, 6.07) is 0.409. The van der Waals surface area contributed by atoms with Gasteiger partial charge in [-0.05, 0) is 26.2 Å². The van der Waals surface area contributed by atoms with Gasteiger partial charge < -0.3 is 10.6 Å². The van der Waals surface area contributed by atoms with E-state index in [2.05, 4.69) is 25.7 Å². The van der Waals surface area contributed by atoms with E-state index < -0.39 is 11.7 Å². The molecule has 0 aromatic carbocycles. The molecule has 0 bridgehead atoms. The molecule has 0 atom stereocenters. The molecule has 124 valence electrons. The second-order valence-electron chi connectivity index (χ2n) is 5.50. The summed E-state index contributed by atoms with van der Waals surface area (Å²) < 4.78 is 40.5. The van der Waals surface area contributed by atoms with E-state index in [4.69, 9.17) is 0 Å². The Bertz CT molecular complexity index is 705. The minimum Gasteiger partial charge on any atom is -0.372 e. The first kappa shape index (κ1) is 15.6. The summed E-state index contributed by atoms with van der Waals surface area (Å²) >= 11 is 0. The molecular weight excluding hydrogens is 309 g/mol. The monoisotopic (exact) mass is 326 g/mol. The Morgan fingerprint density at radius 2 is 2.00 bits per heavy atom. The van der Waals surface area contributed by atoms with Crippen LogP contribution >= 0.6 is 0 Å². The highest BCUT2D eigenvalue weighted by Gasteiger charge is 2.35. The zero-order valence-electron chi connectivity index (χ0n) is 12.8. The van der Waals surface area contributed by atoms with E-state index >= 15 is 0 Å². The number of alkyl halides is 3. The summed E-state index contributed by atoms with van der Waals surface area (Å²) in [5.74, 6) is -0.169. The normalized spacial score (nSPS) is 15.3. The topological polar surface area (TPSA) is 67.7 Å². The Morgan fingerprint density at radius 3 is 2.57 bits per heavy atom. The molecule has 2 N–H and O–H groups in total. The predicted molar refractivity (Wildman–Crippen MR) is 79.7 cm³/mol. The number of rotatable bonds is 4. The van der Waals surface area contributed by atoms with Crippen LogP contribution in [0, 0.1) is 6.92 Å². The minimum atomic E-state index is -4.50. The van der Waals surface area contributed by atoms with Gasteiger partial charge in [-0.25, -0.2) is 4.98 Å². The van der Waals surface area contributed by atoms with E-state index in [1.807, 2.05) is 11.6 Å². The van der Waals surface area contributed by atoms with Crippen molar-refractivity contribution in [3.8, 4) is 0 Å². The third-order valence-electron chi connectivity index (χ3n) is 4.04. The summed E-state index contributed by atoms with van der Waals surface area (Å²) in [4.78, 5) is 7.65. The smallest absolute Gasteiger partial charge is 0.372 e. The molecule has 3 rings (SSSR count). The van der Waals surface area contributed by atoms with Crippen molar-refractivity contribution in [3.05, 3.63) is 23.7 Å². The summed E-state index contributed by atoms with van der Waals surface area (Å²) in [5, 5.41) is 9.73. The standard InChI is InChI=1S/C14H17F3N6/c1-8-11(7-20-23(8)9-4-3-5-9)21-13-19-6-10(14(15,16)17)12(18-2)22-13/h6-7,9H,3-5H2,1-2H3,(H2,18,19,21,22). The Labute approximate surface area is 131 Å². The van der Waals surface area contributed by atoms with Gasteiger partial charge in [-0.2, -0.15) is 23.3 Å². The van der Waals surface area contributed by atoms with E-state index in [1.165, 1.54) is 13.5 Å². The third-order valence-corrected chi connectivity index (χ3v) is 4.04. The number of nitrogens with zero attached hydrogens (tertiary/aromatic N) is 4. The molecule has 2 aromatic heterocycles. The first-order chi connectivity index (χ1) is 10.9. The molecule has 1 aliphatic carbocycles. The lowest BCUT2D eigenvalue weighted by Crippen LogP contribution is -2.19. The van der Waals surface area contributed by atoms with Gasteiger partial charge in [0.05, 0.1) is 23.6 Å². The Balaban J connectivity index is 1.84. The lowest BCUT2D eigenvalue weighted by molar-refractivity contribution is -0.137. The van der Waals surface area contributed by atoms with Crippen LogP contribution in [-0.4, -0.2) is 26.8 Å². The van der Waals surface area contributed by atoms with Crippen LogP contribution in [0.15, 0.2) is 12.4 Å². The van der Waals surface area contributed by atoms with Crippen molar-refractivity contribution in [1.82, 2.24) is 19.7 Å². The molecule has 6 nitrogen and oxygen atoms in total. The summed E-state index contributed by atoms with van der Waals surface area (Å²) in [7, 11) is 1.39. The van der Waals surface area contributed by atoms with Gasteiger partial charge in [-0.3, -0.25) is 4.68 Å². The molecule has 0 spiro atoms. The van der Waals surface area contributed by atoms with Crippen molar-refractivity contribution in [3.63, 3.8) is 0 Å². The average molecular weight is 326 g/mol. The molecule has 2 aromatic rings. The first-order valence-electron chi connectivity index (χ1n) is 7.33. The molecule has 1 fully saturated rings.